The zero-order valence-corrected chi connectivity index (χ0v) is 12.4. The van der Waals surface area contributed by atoms with Gasteiger partial charge in [-0.25, -0.2) is 13.5 Å². The highest BCUT2D eigenvalue weighted by atomic mass is 19.3. The molecule has 1 saturated heterocycles. The minimum Gasteiger partial charge on any atom is -0.394 e. The predicted octanol–water partition coefficient (Wildman–Crippen LogP) is 1.64. The van der Waals surface area contributed by atoms with E-state index in [1.807, 2.05) is 30.3 Å². The van der Waals surface area contributed by atoms with Crippen molar-refractivity contribution < 1.29 is 18.7 Å². The number of aromatic nitrogens is 2. The molecule has 1 amide bonds. The lowest BCUT2D eigenvalue weighted by Gasteiger charge is -2.21. The SMILES string of the molecule is O=C(Cc1cnn(-c2ccccc2)c1)N1CC(F)(F)CC1CO. The van der Waals surface area contributed by atoms with E-state index in [0.717, 1.165) is 10.6 Å². The van der Waals surface area contributed by atoms with Crippen molar-refractivity contribution in [2.75, 3.05) is 13.2 Å². The Labute approximate surface area is 132 Å². The fourth-order valence-corrected chi connectivity index (χ4v) is 2.80. The molecule has 1 aliphatic heterocycles. The Morgan fingerprint density at radius 2 is 2.09 bits per heavy atom. The number of nitrogens with zero attached hydrogens (tertiary/aromatic N) is 3. The van der Waals surface area contributed by atoms with Crippen LogP contribution in [0.15, 0.2) is 42.7 Å². The second-order valence-electron chi connectivity index (χ2n) is 5.72. The molecule has 0 saturated carbocycles. The van der Waals surface area contributed by atoms with Crippen LogP contribution in [0.25, 0.3) is 5.69 Å². The van der Waals surface area contributed by atoms with E-state index in [2.05, 4.69) is 5.10 Å². The van der Waals surface area contributed by atoms with Crippen LogP contribution >= 0.6 is 0 Å². The molecule has 1 unspecified atom stereocenters. The summed E-state index contributed by atoms with van der Waals surface area (Å²) < 4.78 is 28.5. The maximum absolute atomic E-state index is 13.4. The summed E-state index contributed by atoms with van der Waals surface area (Å²) in [5.41, 5.74) is 1.50. The van der Waals surface area contributed by atoms with Crippen LogP contribution in [-0.2, 0) is 11.2 Å². The van der Waals surface area contributed by atoms with Gasteiger partial charge in [0.1, 0.15) is 0 Å². The van der Waals surface area contributed by atoms with Gasteiger partial charge in [0.15, 0.2) is 0 Å². The molecule has 2 heterocycles. The maximum atomic E-state index is 13.4. The topological polar surface area (TPSA) is 58.4 Å². The van der Waals surface area contributed by atoms with Crippen LogP contribution in [0.2, 0.25) is 0 Å². The summed E-state index contributed by atoms with van der Waals surface area (Å²) in [5.74, 6) is -3.36. The number of alkyl halides is 2. The summed E-state index contributed by atoms with van der Waals surface area (Å²) >= 11 is 0. The summed E-state index contributed by atoms with van der Waals surface area (Å²) in [4.78, 5) is 13.3. The number of carbonyl (C=O) groups is 1. The van der Waals surface area contributed by atoms with Gasteiger partial charge in [0.2, 0.25) is 5.91 Å². The van der Waals surface area contributed by atoms with Gasteiger partial charge in [0, 0.05) is 12.6 Å². The van der Waals surface area contributed by atoms with E-state index in [1.165, 1.54) is 0 Å². The molecular weight excluding hydrogens is 304 g/mol. The number of para-hydroxylation sites is 1. The highest BCUT2D eigenvalue weighted by Crippen LogP contribution is 2.32. The number of likely N-dealkylation sites (tertiary alicyclic amines) is 1. The number of hydrogen-bond acceptors (Lipinski definition) is 3. The third-order valence-electron chi connectivity index (χ3n) is 3.92. The number of carbonyl (C=O) groups excluding carboxylic acids is 1. The fourth-order valence-electron chi connectivity index (χ4n) is 2.80. The zero-order chi connectivity index (χ0) is 16.4. The van der Waals surface area contributed by atoms with Gasteiger partial charge in [-0.3, -0.25) is 4.79 Å². The molecule has 5 nitrogen and oxygen atoms in total. The highest BCUT2D eigenvalue weighted by Gasteiger charge is 2.46. The molecule has 0 spiro atoms. The Kier molecular flexibility index (Phi) is 4.12. The molecule has 1 aliphatic rings. The molecule has 2 aromatic rings. The van der Waals surface area contributed by atoms with Gasteiger partial charge in [0.05, 0.1) is 37.5 Å². The molecule has 122 valence electrons. The van der Waals surface area contributed by atoms with Crippen LogP contribution in [0.1, 0.15) is 12.0 Å². The molecule has 1 N–H and O–H groups in total. The van der Waals surface area contributed by atoms with Crippen molar-refractivity contribution in [3.8, 4) is 5.69 Å². The average molecular weight is 321 g/mol. The number of halogens is 2. The largest absolute Gasteiger partial charge is 0.394 e. The summed E-state index contributed by atoms with van der Waals surface area (Å²) in [5, 5.41) is 13.4. The van der Waals surface area contributed by atoms with E-state index < -0.39 is 37.4 Å². The molecule has 0 aliphatic carbocycles. The zero-order valence-electron chi connectivity index (χ0n) is 12.4. The van der Waals surface area contributed by atoms with Crippen molar-refractivity contribution in [2.24, 2.45) is 0 Å². The van der Waals surface area contributed by atoms with Crippen molar-refractivity contribution in [1.82, 2.24) is 14.7 Å². The molecule has 0 radical (unpaired) electrons. The Morgan fingerprint density at radius 1 is 1.35 bits per heavy atom. The van der Waals surface area contributed by atoms with Gasteiger partial charge in [-0.2, -0.15) is 5.10 Å². The second kappa shape index (κ2) is 6.08. The lowest BCUT2D eigenvalue weighted by Crippen LogP contribution is -2.39. The minimum absolute atomic E-state index is 0.0145. The van der Waals surface area contributed by atoms with E-state index in [1.54, 1.807) is 17.1 Å². The van der Waals surface area contributed by atoms with Crippen molar-refractivity contribution in [1.29, 1.82) is 0 Å². The van der Waals surface area contributed by atoms with Gasteiger partial charge in [-0.05, 0) is 17.7 Å². The van der Waals surface area contributed by atoms with E-state index in [-0.39, 0.29) is 6.42 Å². The number of benzene rings is 1. The van der Waals surface area contributed by atoms with E-state index >= 15 is 0 Å². The van der Waals surface area contributed by atoms with Crippen LogP contribution in [0.4, 0.5) is 8.78 Å². The van der Waals surface area contributed by atoms with Crippen LogP contribution < -0.4 is 0 Å². The first-order valence-electron chi connectivity index (χ1n) is 7.36. The first-order valence-corrected chi connectivity index (χ1v) is 7.36. The predicted molar refractivity (Wildman–Crippen MR) is 79.4 cm³/mol. The second-order valence-corrected chi connectivity index (χ2v) is 5.72. The lowest BCUT2D eigenvalue weighted by atomic mass is 10.2. The highest BCUT2D eigenvalue weighted by molar-refractivity contribution is 5.79. The molecule has 0 bridgehead atoms. The molecule has 1 atom stereocenters. The number of amides is 1. The standard InChI is InChI=1S/C16H17F2N3O2/c17-16(18)7-14(10-22)20(11-16)15(23)6-12-8-19-21(9-12)13-4-2-1-3-5-13/h1-5,8-9,14,22H,6-7,10-11H2. The molecule has 1 fully saturated rings. The van der Waals surface area contributed by atoms with Crippen LogP contribution in [0.3, 0.4) is 0 Å². The maximum Gasteiger partial charge on any atom is 0.267 e. The van der Waals surface area contributed by atoms with Gasteiger partial charge in [0.25, 0.3) is 5.92 Å². The Bertz CT molecular complexity index is 688. The monoisotopic (exact) mass is 321 g/mol. The average Bonchev–Trinajstić information content (AvgIpc) is 3.12. The molecular formula is C16H17F2N3O2. The van der Waals surface area contributed by atoms with E-state index in [4.69, 9.17) is 0 Å². The van der Waals surface area contributed by atoms with E-state index in [0.29, 0.717) is 5.56 Å². The minimum atomic E-state index is -2.93. The number of aliphatic hydroxyl groups is 1. The Morgan fingerprint density at radius 3 is 2.78 bits per heavy atom. The Hall–Kier alpha value is -2.28. The first-order chi connectivity index (χ1) is 11.0. The molecule has 7 heteroatoms. The third kappa shape index (κ3) is 3.39. The van der Waals surface area contributed by atoms with Gasteiger partial charge < -0.3 is 10.0 Å². The van der Waals surface area contributed by atoms with Crippen molar-refractivity contribution in [2.45, 2.75) is 24.8 Å². The third-order valence-corrected chi connectivity index (χ3v) is 3.92. The number of rotatable bonds is 4. The molecule has 3 rings (SSSR count). The quantitative estimate of drug-likeness (QED) is 0.931. The smallest absolute Gasteiger partial charge is 0.267 e. The van der Waals surface area contributed by atoms with Gasteiger partial charge >= 0.3 is 0 Å². The summed E-state index contributed by atoms with van der Waals surface area (Å²) in [6.45, 7) is -1.09. The molecule has 23 heavy (non-hydrogen) atoms. The molecule has 1 aromatic carbocycles. The van der Waals surface area contributed by atoms with Gasteiger partial charge in [-0.1, -0.05) is 18.2 Å². The number of hydrogen-bond donors (Lipinski definition) is 1. The fraction of sp³-hybridized carbons (Fsp3) is 0.375. The summed E-state index contributed by atoms with van der Waals surface area (Å²) in [6.07, 6.45) is 2.75. The summed E-state index contributed by atoms with van der Waals surface area (Å²) in [7, 11) is 0. The lowest BCUT2D eigenvalue weighted by molar-refractivity contribution is -0.133. The van der Waals surface area contributed by atoms with Crippen molar-refractivity contribution in [3.63, 3.8) is 0 Å². The van der Waals surface area contributed by atoms with E-state index in [9.17, 15) is 18.7 Å². The first kappa shape index (κ1) is 15.6. The molecule has 1 aromatic heterocycles. The van der Waals surface area contributed by atoms with Crippen molar-refractivity contribution >= 4 is 5.91 Å². The summed E-state index contributed by atoms with van der Waals surface area (Å²) in [6, 6.07) is 8.57. The van der Waals surface area contributed by atoms with Crippen LogP contribution in [0, 0.1) is 0 Å². The van der Waals surface area contributed by atoms with Gasteiger partial charge in [-0.15, -0.1) is 0 Å². The van der Waals surface area contributed by atoms with Crippen molar-refractivity contribution in [3.05, 3.63) is 48.3 Å². The van der Waals surface area contributed by atoms with Crippen LogP contribution in [-0.4, -0.2) is 50.8 Å². The number of aliphatic hydroxyl groups excluding tert-OH is 1. The van der Waals surface area contributed by atoms with Crippen LogP contribution in [0.5, 0.6) is 0 Å². The Balaban J connectivity index is 1.70. The normalized spacial score (nSPS) is 20.0.